The van der Waals surface area contributed by atoms with E-state index in [1.165, 1.54) is 44.1 Å². The Hall–Kier alpha value is -7.15. The van der Waals surface area contributed by atoms with Crippen molar-refractivity contribution in [3.05, 3.63) is 153 Å². The molecule has 408 valence electrons. The number of benzene rings is 5. The standard InChI is InChI=1S/C66H80N8O4/c1-43-39-65(3,4)72-55-37-59-53(35-51(43)55)63(54-36-52-44(2)40-66(5,6)73-56(52)38-60(54)78-59)47-24-26-48(27-25-47)64(77)71-30-14-9-12-18-61(75)69-28-15-11-16-29-70-62(76)19-13-10-17-31-74-57-32-45(41-67-7)20-22-49(57)34-50-23-21-46(42-68-8)33-58(50)74/h20-27,32-40,67-68H,9-19,28-31,41-42H2,1-8H3,(H3-,69,70,71,72,73,75,76,77)/p+1. The van der Waals surface area contributed by atoms with Crippen molar-refractivity contribution in [2.45, 2.75) is 143 Å². The van der Waals surface area contributed by atoms with E-state index in [2.05, 4.69) is 157 Å². The van der Waals surface area contributed by atoms with Crippen molar-refractivity contribution in [3.8, 4) is 11.5 Å². The van der Waals surface area contributed by atoms with Crippen LogP contribution in [0.15, 0.2) is 108 Å². The Morgan fingerprint density at radius 1 is 0.590 bits per heavy atom. The molecule has 0 fully saturated rings. The number of aromatic nitrogens is 1. The summed E-state index contributed by atoms with van der Waals surface area (Å²) in [6, 6.07) is 32.3. The highest BCUT2D eigenvalue weighted by Gasteiger charge is 2.29. The first-order chi connectivity index (χ1) is 37.6. The second-order valence-corrected chi connectivity index (χ2v) is 22.9. The van der Waals surface area contributed by atoms with Crippen molar-refractivity contribution >= 4 is 61.9 Å². The van der Waals surface area contributed by atoms with Crippen molar-refractivity contribution in [1.29, 1.82) is 0 Å². The van der Waals surface area contributed by atoms with E-state index < -0.39 is 0 Å². The summed E-state index contributed by atoms with van der Waals surface area (Å²) in [5.41, 5.74) is 13.9. The molecule has 0 saturated carbocycles. The van der Waals surface area contributed by atoms with E-state index in [-0.39, 0.29) is 28.8 Å². The van der Waals surface area contributed by atoms with E-state index in [0.717, 1.165) is 133 Å². The van der Waals surface area contributed by atoms with Gasteiger partial charge >= 0.3 is 0 Å². The van der Waals surface area contributed by atoms with E-state index in [1.54, 1.807) is 0 Å². The molecule has 1 aromatic heterocycles. The molecule has 78 heavy (non-hydrogen) atoms. The van der Waals surface area contributed by atoms with Crippen LogP contribution in [0.3, 0.4) is 0 Å². The Bertz CT molecular complexity index is 3360. The van der Waals surface area contributed by atoms with Gasteiger partial charge in [-0.2, -0.15) is 4.57 Å². The van der Waals surface area contributed by atoms with Crippen LogP contribution in [0.5, 0.6) is 11.5 Å². The van der Waals surface area contributed by atoms with Gasteiger partial charge in [0.05, 0.1) is 16.4 Å². The average molecular weight is 1050 g/mol. The Kier molecular flexibility index (Phi) is 17.6. The number of hydrogen-bond acceptors (Lipinski definition) is 8. The zero-order valence-corrected chi connectivity index (χ0v) is 47.4. The zero-order valence-electron chi connectivity index (χ0n) is 47.4. The number of nitrogens with one attached hydrogen (secondary N) is 6. The molecule has 0 radical (unpaired) electrons. The van der Waals surface area contributed by atoms with Crippen molar-refractivity contribution in [2.24, 2.45) is 4.99 Å². The summed E-state index contributed by atoms with van der Waals surface area (Å²) in [5, 5.41) is 23.9. The van der Waals surface area contributed by atoms with Crippen molar-refractivity contribution in [2.75, 3.05) is 39.0 Å². The lowest BCUT2D eigenvalue weighted by Gasteiger charge is -2.33. The fourth-order valence-electron chi connectivity index (χ4n) is 11.6. The minimum Gasteiger partial charge on any atom is -0.456 e. The van der Waals surface area contributed by atoms with Gasteiger partial charge in [-0.1, -0.05) is 42.8 Å². The molecular weight excluding hydrogens is 969 g/mol. The minimum atomic E-state index is -0.309. The first kappa shape index (κ1) is 55.6. The summed E-state index contributed by atoms with van der Waals surface area (Å²) in [6.45, 7) is 17.3. The van der Waals surface area contributed by atoms with E-state index >= 15 is 0 Å². The number of ether oxygens (including phenoxy) is 1. The number of aryl methyl sites for hydroxylation is 1. The quantitative estimate of drug-likeness (QED) is 0.0201. The van der Waals surface area contributed by atoms with Gasteiger partial charge in [-0.25, -0.2) is 0 Å². The highest BCUT2D eigenvalue weighted by Crippen LogP contribution is 2.44. The van der Waals surface area contributed by atoms with Crippen LogP contribution in [0.4, 0.5) is 5.69 Å². The molecule has 6 aromatic rings. The molecule has 0 aliphatic carbocycles. The number of anilines is 1. The predicted molar refractivity (Wildman–Crippen MR) is 317 cm³/mol. The lowest BCUT2D eigenvalue weighted by atomic mass is 9.85. The van der Waals surface area contributed by atoms with Crippen molar-refractivity contribution < 1.29 is 23.7 Å². The maximum atomic E-state index is 13.4. The fraction of sp³-hybridized carbons (Fsp3) is 0.409. The van der Waals surface area contributed by atoms with E-state index in [4.69, 9.17) is 9.73 Å². The number of amides is 3. The number of carbonyl (C=O) groups is 3. The number of fused-ring (bicyclic) bond motifs is 6. The molecule has 4 heterocycles. The molecule has 3 amide bonds. The Labute approximate surface area is 461 Å². The number of carbonyl (C=O) groups excluding carboxylic acids is 3. The summed E-state index contributed by atoms with van der Waals surface area (Å²) >= 11 is 0. The third-order valence-electron chi connectivity index (χ3n) is 15.3. The minimum absolute atomic E-state index is 0.0572. The lowest BCUT2D eigenvalue weighted by molar-refractivity contribution is -0.645. The van der Waals surface area contributed by atoms with Crippen LogP contribution in [-0.2, 0) is 29.2 Å². The van der Waals surface area contributed by atoms with Crippen LogP contribution >= 0.6 is 0 Å². The second kappa shape index (κ2) is 24.7. The van der Waals surface area contributed by atoms with Crippen LogP contribution in [0.25, 0.3) is 38.5 Å². The van der Waals surface area contributed by atoms with Gasteiger partial charge in [-0.3, -0.25) is 19.4 Å². The molecule has 9 rings (SSSR count). The summed E-state index contributed by atoms with van der Waals surface area (Å²) in [4.78, 5) is 43.7. The summed E-state index contributed by atoms with van der Waals surface area (Å²) in [5.74, 6) is 1.59. The Balaban J connectivity index is 0.669. The summed E-state index contributed by atoms with van der Waals surface area (Å²) in [6.07, 6.45) is 13.4. The molecule has 0 atom stereocenters. The van der Waals surface area contributed by atoms with Gasteiger partial charge in [0, 0.05) is 126 Å². The van der Waals surface area contributed by atoms with Gasteiger partial charge in [-0.15, -0.1) is 0 Å². The second-order valence-electron chi connectivity index (χ2n) is 22.9. The Morgan fingerprint density at radius 3 is 1.81 bits per heavy atom. The molecule has 5 aromatic carbocycles. The third kappa shape index (κ3) is 13.4. The average Bonchev–Trinajstić information content (AvgIpc) is 3.59. The van der Waals surface area contributed by atoms with Gasteiger partial charge in [0.2, 0.25) is 22.8 Å². The number of unbranched alkanes of at least 4 members (excludes halogenated alkanes) is 6. The van der Waals surface area contributed by atoms with E-state index in [1.807, 2.05) is 38.4 Å². The fourth-order valence-corrected chi connectivity index (χ4v) is 11.6. The first-order valence-corrected chi connectivity index (χ1v) is 28.5. The van der Waals surface area contributed by atoms with E-state index in [0.29, 0.717) is 38.0 Å². The molecule has 3 aliphatic heterocycles. The predicted octanol–water partition coefficient (Wildman–Crippen LogP) is 10.4. The number of pyridine rings is 1. The van der Waals surface area contributed by atoms with Crippen molar-refractivity contribution in [1.82, 2.24) is 26.6 Å². The largest absolute Gasteiger partial charge is 0.456 e. The van der Waals surface area contributed by atoms with Crippen LogP contribution in [0.2, 0.25) is 0 Å². The highest BCUT2D eigenvalue weighted by atomic mass is 16.5. The highest BCUT2D eigenvalue weighted by molar-refractivity contribution is 5.96. The molecule has 12 nitrogen and oxygen atoms in total. The molecule has 0 unspecified atom stereocenters. The monoisotopic (exact) mass is 1050 g/mol. The topological polar surface area (TPSA) is 149 Å². The van der Waals surface area contributed by atoms with Crippen LogP contribution in [-0.4, -0.2) is 62.5 Å². The Morgan fingerprint density at radius 2 is 1.18 bits per heavy atom. The molecule has 0 spiro atoms. The molecule has 3 aliphatic rings. The molecule has 0 bridgehead atoms. The molecular formula is C66H81N8O4+. The number of nitrogens with zero attached hydrogens (tertiary/aromatic N) is 2. The normalized spacial score (nSPS) is 14.6. The number of allylic oxidation sites excluding steroid dienone is 2. The lowest BCUT2D eigenvalue weighted by Crippen LogP contribution is -2.36. The molecule has 12 heteroatoms. The number of rotatable bonds is 24. The van der Waals surface area contributed by atoms with Gasteiger partial charge in [0.25, 0.3) is 5.91 Å². The van der Waals surface area contributed by atoms with Crippen molar-refractivity contribution in [3.63, 3.8) is 0 Å². The first-order valence-electron chi connectivity index (χ1n) is 28.5. The summed E-state index contributed by atoms with van der Waals surface area (Å²) < 4.78 is 9.20. The van der Waals surface area contributed by atoms with Crippen LogP contribution < -0.4 is 51.8 Å². The smallest absolute Gasteiger partial charge is 0.251 e. The molecule has 6 N–H and O–H groups in total. The molecule has 0 saturated heterocycles. The van der Waals surface area contributed by atoms with Crippen LogP contribution in [0.1, 0.15) is 156 Å². The van der Waals surface area contributed by atoms with Gasteiger partial charge in [0.1, 0.15) is 18.0 Å². The third-order valence-corrected chi connectivity index (χ3v) is 15.3. The van der Waals surface area contributed by atoms with Gasteiger partial charge < -0.3 is 36.6 Å². The van der Waals surface area contributed by atoms with Gasteiger partial charge in [0.15, 0.2) is 0 Å². The van der Waals surface area contributed by atoms with E-state index in [9.17, 15) is 14.4 Å². The SMILES string of the molecule is CNCc1ccc2cc3ccc(CNC)cc3[n+](CCCCCC(=O)NCCCCCNC(=O)CCCCCNC(=O)c3ccc(C4=c5cc6c(cc5Oc5cc7c(cc54)C(C)=CC(C)(C)N7)=NC(C)(C)C=C6C)cc3)c2c1. The van der Waals surface area contributed by atoms with Crippen LogP contribution in [0, 0.1) is 0 Å². The van der Waals surface area contributed by atoms with Gasteiger partial charge in [-0.05, 0) is 171 Å². The maximum absolute atomic E-state index is 13.4. The maximum Gasteiger partial charge on any atom is 0.251 e. The summed E-state index contributed by atoms with van der Waals surface area (Å²) in [7, 11) is 3.96. The number of hydrogen-bond donors (Lipinski definition) is 6. The zero-order chi connectivity index (χ0) is 55.0.